The van der Waals surface area contributed by atoms with Crippen LogP contribution in [-0.4, -0.2) is 40.7 Å². The van der Waals surface area contributed by atoms with Crippen molar-refractivity contribution in [3.8, 4) is 0 Å². The van der Waals surface area contributed by atoms with Crippen LogP contribution in [0.1, 0.15) is 58.7 Å². The maximum Gasteiger partial charge on any atom is 0.232 e. The van der Waals surface area contributed by atoms with Crippen LogP contribution in [0.3, 0.4) is 0 Å². The molecule has 1 aromatic heterocycles. The molecule has 0 radical (unpaired) electrons. The summed E-state index contributed by atoms with van der Waals surface area (Å²) in [6.45, 7) is 12.6. The fourth-order valence-corrected chi connectivity index (χ4v) is 2.63. The van der Waals surface area contributed by atoms with E-state index in [0.29, 0.717) is 6.04 Å². The van der Waals surface area contributed by atoms with Crippen LogP contribution < -0.4 is 5.32 Å². The molecule has 0 spiro atoms. The first-order valence-corrected chi connectivity index (χ1v) is 7.78. The molecule has 114 valence electrons. The molecule has 1 aliphatic heterocycles. The van der Waals surface area contributed by atoms with Crippen LogP contribution in [0.5, 0.6) is 0 Å². The Labute approximate surface area is 122 Å². The lowest BCUT2D eigenvalue weighted by Crippen LogP contribution is -2.46. The Hall–Kier alpha value is -0.940. The summed E-state index contributed by atoms with van der Waals surface area (Å²) in [5, 5.41) is 7.63. The van der Waals surface area contributed by atoms with Crippen LogP contribution in [0, 0.1) is 0 Å². The van der Waals surface area contributed by atoms with Gasteiger partial charge in [0, 0.05) is 18.0 Å². The molecule has 2 heterocycles. The molecular formula is C15H28N4O. The van der Waals surface area contributed by atoms with E-state index in [2.05, 4.69) is 48.1 Å². The van der Waals surface area contributed by atoms with E-state index in [9.17, 15) is 0 Å². The highest BCUT2D eigenvalue weighted by Gasteiger charge is 2.25. The van der Waals surface area contributed by atoms with Gasteiger partial charge >= 0.3 is 0 Å². The first kappa shape index (κ1) is 15.4. The molecule has 1 atom stereocenters. The number of hydrogen-bond acceptors (Lipinski definition) is 5. The van der Waals surface area contributed by atoms with Gasteiger partial charge in [-0.1, -0.05) is 32.9 Å². The zero-order valence-corrected chi connectivity index (χ0v) is 13.3. The summed E-state index contributed by atoms with van der Waals surface area (Å²) in [6.07, 6.45) is 3.67. The molecule has 1 aliphatic rings. The first-order valence-electron chi connectivity index (χ1n) is 7.78. The second kappa shape index (κ2) is 6.68. The van der Waals surface area contributed by atoms with Gasteiger partial charge in [-0.3, -0.25) is 4.90 Å². The molecule has 0 amide bonds. The van der Waals surface area contributed by atoms with E-state index in [1.54, 1.807) is 0 Å². The fraction of sp³-hybridized carbons (Fsp3) is 0.867. The van der Waals surface area contributed by atoms with Crippen LogP contribution in [0.15, 0.2) is 4.52 Å². The van der Waals surface area contributed by atoms with E-state index in [4.69, 9.17) is 4.52 Å². The average molecular weight is 280 g/mol. The van der Waals surface area contributed by atoms with Crippen molar-refractivity contribution in [3.63, 3.8) is 0 Å². The van der Waals surface area contributed by atoms with Crippen molar-refractivity contribution in [3.05, 3.63) is 11.7 Å². The van der Waals surface area contributed by atoms with E-state index < -0.39 is 0 Å². The van der Waals surface area contributed by atoms with E-state index in [1.165, 1.54) is 12.8 Å². The zero-order chi connectivity index (χ0) is 14.6. The minimum absolute atomic E-state index is 0.0762. The summed E-state index contributed by atoms with van der Waals surface area (Å²) < 4.78 is 5.39. The molecule has 1 unspecified atom stereocenters. The Morgan fingerprint density at radius 2 is 2.20 bits per heavy atom. The molecule has 5 heteroatoms. The average Bonchev–Trinajstić information content (AvgIpc) is 2.88. The first-order chi connectivity index (χ1) is 9.50. The standard InChI is InChI=1S/C15H28N4O/c1-5-9-19(12-7-6-8-16-10-12)11-13-17-14(20-18-13)15(2,3)4/h12,16H,5-11H2,1-4H3. The van der Waals surface area contributed by atoms with Gasteiger partial charge in [-0.05, 0) is 32.4 Å². The molecular weight excluding hydrogens is 252 g/mol. The molecule has 1 fully saturated rings. The van der Waals surface area contributed by atoms with Crippen molar-refractivity contribution >= 4 is 0 Å². The number of aromatic nitrogens is 2. The lowest BCUT2D eigenvalue weighted by atomic mass is 9.97. The molecule has 0 aromatic carbocycles. The molecule has 1 aromatic rings. The van der Waals surface area contributed by atoms with Crippen molar-refractivity contribution in [2.45, 2.75) is 65.0 Å². The van der Waals surface area contributed by atoms with Gasteiger partial charge in [-0.25, -0.2) is 0 Å². The number of nitrogens with zero attached hydrogens (tertiary/aromatic N) is 3. The Balaban J connectivity index is 2.01. The van der Waals surface area contributed by atoms with Crippen molar-refractivity contribution in [2.75, 3.05) is 19.6 Å². The molecule has 1 saturated heterocycles. The minimum Gasteiger partial charge on any atom is -0.339 e. The van der Waals surface area contributed by atoms with Crippen molar-refractivity contribution < 1.29 is 4.52 Å². The molecule has 1 N–H and O–H groups in total. The third kappa shape index (κ3) is 4.03. The Bertz CT molecular complexity index is 404. The van der Waals surface area contributed by atoms with Gasteiger partial charge in [0.15, 0.2) is 5.82 Å². The molecule has 0 saturated carbocycles. The molecule has 2 rings (SSSR count). The monoisotopic (exact) mass is 280 g/mol. The van der Waals surface area contributed by atoms with Gasteiger partial charge in [-0.15, -0.1) is 0 Å². The van der Waals surface area contributed by atoms with Gasteiger partial charge in [0.1, 0.15) is 0 Å². The molecule has 0 aliphatic carbocycles. The third-order valence-corrected chi connectivity index (χ3v) is 3.75. The number of hydrogen-bond donors (Lipinski definition) is 1. The normalized spacial score (nSPS) is 20.6. The van der Waals surface area contributed by atoms with Crippen molar-refractivity contribution in [1.29, 1.82) is 0 Å². The number of rotatable bonds is 5. The molecule has 5 nitrogen and oxygen atoms in total. The second-order valence-corrected chi connectivity index (χ2v) is 6.74. The maximum atomic E-state index is 5.39. The maximum absolute atomic E-state index is 5.39. The SMILES string of the molecule is CCCN(Cc1noc(C(C)(C)C)n1)C1CCCNC1. The highest BCUT2D eigenvalue weighted by atomic mass is 16.5. The lowest BCUT2D eigenvalue weighted by molar-refractivity contribution is 0.152. The van der Waals surface area contributed by atoms with Gasteiger partial charge < -0.3 is 9.84 Å². The predicted octanol–water partition coefficient (Wildman–Crippen LogP) is 2.33. The van der Waals surface area contributed by atoms with Crippen LogP contribution in [-0.2, 0) is 12.0 Å². The van der Waals surface area contributed by atoms with Crippen molar-refractivity contribution in [2.24, 2.45) is 0 Å². The highest BCUT2D eigenvalue weighted by Crippen LogP contribution is 2.21. The summed E-state index contributed by atoms with van der Waals surface area (Å²) in [5.41, 5.74) is -0.0762. The lowest BCUT2D eigenvalue weighted by Gasteiger charge is -2.33. The Morgan fingerprint density at radius 3 is 2.75 bits per heavy atom. The van der Waals surface area contributed by atoms with Crippen molar-refractivity contribution in [1.82, 2.24) is 20.4 Å². The van der Waals surface area contributed by atoms with Crippen LogP contribution in [0.25, 0.3) is 0 Å². The third-order valence-electron chi connectivity index (χ3n) is 3.75. The fourth-order valence-electron chi connectivity index (χ4n) is 2.63. The van der Waals surface area contributed by atoms with E-state index >= 15 is 0 Å². The van der Waals surface area contributed by atoms with Gasteiger partial charge in [0.05, 0.1) is 6.54 Å². The summed E-state index contributed by atoms with van der Waals surface area (Å²) in [6, 6.07) is 0.597. The number of nitrogens with one attached hydrogen (secondary N) is 1. The van der Waals surface area contributed by atoms with Crippen LogP contribution >= 0.6 is 0 Å². The zero-order valence-electron chi connectivity index (χ0n) is 13.3. The Kier molecular flexibility index (Phi) is 5.16. The molecule has 0 bridgehead atoms. The van der Waals surface area contributed by atoms with Crippen LogP contribution in [0.4, 0.5) is 0 Å². The quantitative estimate of drug-likeness (QED) is 0.897. The van der Waals surface area contributed by atoms with E-state index in [-0.39, 0.29) is 5.41 Å². The summed E-state index contributed by atoms with van der Waals surface area (Å²) in [7, 11) is 0. The topological polar surface area (TPSA) is 54.2 Å². The van der Waals surface area contributed by atoms with E-state index in [0.717, 1.165) is 44.3 Å². The minimum atomic E-state index is -0.0762. The summed E-state index contributed by atoms with van der Waals surface area (Å²) in [4.78, 5) is 7.05. The number of piperidine rings is 1. The van der Waals surface area contributed by atoms with Gasteiger partial charge in [0.25, 0.3) is 0 Å². The van der Waals surface area contributed by atoms with E-state index in [1.807, 2.05) is 0 Å². The van der Waals surface area contributed by atoms with Gasteiger partial charge in [-0.2, -0.15) is 4.98 Å². The summed E-state index contributed by atoms with van der Waals surface area (Å²) in [5.74, 6) is 1.54. The largest absolute Gasteiger partial charge is 0.339 e. The smallest absolute Gasteiger partial charge is 0.232 e. The molecule has 20 heavy (non-hydrogen) atoms. The second-order valence-electron chi connectivity index (χ2n) is 6.74. The summed E-state index contributed by atoms with van der Waals surface area (Å²) >= 11 is 0. The predicted molar refractivity (Wildman–Crippen MR) is 79.6 cm³/mol. The highest BCUT2D eigenvalue weighted by molar-refractivity contribution is 4.98. The Morgan fingerprint density at radius 1 is 1.40 bits per heavy atom. The van der Waals surface area contributed by atoms with Crippen LogP contribution in [0.2, 0.25) is 0 Å². The van der Waals surface area contributed by atoms with Gasteiger partial charge in [0.2, 0.25) is 5.89 Å².